The van der Waals surface area contributed by atoms with Gasteiger partial charge in [0.1, 0.15) is 0 Å². The molecule has 2 aromatic rings. The summed E-state index contributed by atoms with van der Waals surface area (Å²) in [5, 5.41) is 0. The zero-order chi connectivity index (χ0) is 35.9. The third-order valence-corrected chi connectivity index (χ3v) is 17.4. The number of halogens is 8. The van der Waals surface area contributed by atoms with Crippen LogP contribution in [0.2, 0.25) is 0 Å². The van der Waals surface area contributed by atoms with Crippen LogP contribution >= 0.6 is 0 Å². The van der Waals surface area contributed by atoms with E-state index in [0.717, 1.165) is 0 Å². The molecule has 49 heavy (non-hydrogen) atoms. The second kappa shape index (κ2) is 17.4. The molecule has 0 atom stereocenters. The van der Waals surface area contributed by atoms with Crippen molar-refractivity contribution in [1.29, 1.82) is 0 Å². The number of allylic oxidation sites excluding steroid dienone is 8. The molecule has 2 aliphatic rings. The van der Waals surface area contributed by atoms with Gasteiger partial charge in [-0.05, 0) is 0 Å². The molecule has 11 heteroatoms. The van der Waals surface area contributed by atoms with Gasteiger partial charge in [-0.1, -0.05) is 0 Å². The van der Waals surface area contributed by atoms with E-state index in [0.29, 0.717) is 51.4 Å². The molecule has 0 radical (unpaired) electrons. The Bertz CT molecular complexity index is 1440. The van der Waals surface area contributed by atoms with E-state index in [4.69, 9.17) is 0 Å². The molecule has 0 saturated carbocycles. The summed E-state index contributed by atoms with van der Waals surface area (Å²) in [4.78, 5) is 2.51. The van der Waals surface area contributed by atoms with Gasteiger partial charge < -0.3 is 0 Å². The van der Waals surface area contributed by atoms with Gasteiger partial charge in [0.2, 0.25) is 0 Å². The summed E-state index contributed by atoms with van der Waals surface area (Å²) in [7, 11) is 0. The van der Waals surface area contributed by atoms with Crippen LogP contribution in [0.25, 0.3) is 0 Å². The van der Waals surface area contributed by atoms with Gasteiger partial charge >= 0.3 is 289 Å². The number of unbranched alkanes of at least 4 members (excludes halogenated alkanes) is 4. The number of hydrogen-bond donors (Lipinski definition) is 0. The first kappa shape index (κ1) is 38.9. The van der Waals surface area contributed by atoms with Crippen molar-refractivity contribution in [1.82, 2.24) is 0 Å². The molecular weight excluding hydrogens is 684 g/mol. The fraction of sp³-hybridized carbons (Fsp3) is 0.474. The van der Waals surface area contributed by atoms with Gasteiger partial charge in [-0.3, -0.25) is 0 Å². The molecule has 2 aliphatic carbocycles. The van der Waals surface area contributed by atoms with E-state index in [1.807, 2.05) is 27.7 Å². The molecule has 0 amide bonds. The Hall–Kier alpha value is -2.85. The molecule has 0 aliphatic heterocycles. The van der Waals surface area contributed by atoms with Crippen molar-refractivity contribution in [2.45, 2.75) is 91.9 Å². The standard InChI is InChI=1S/2C14H18F4N.2C5H5.Ti/c2*1-3-5-7-19(8-6-4-2)14-12(17)10(15)9-11(16)13(14)18;2*1-2-4-5-3-1;/h2*3-8H2,1-2H3;2*1-3H,4H2;. The molecule has 0 N–H and O–H groups in total. The summed E-state index contributed by atoms with van der Waals surface area (Å²) in [5.41, 5.74) is -1.80. The molecular formula is C38H46F8N2Ti. The summed E-state index contributed by atoms with van der Waals surface area (Å²) in [6, 6.07) is 0. The predicted molar refractivity (Wildman–Crippen MR) is 180 cm³/mol. The van der Waals surface area contributed by atoms with Gasteiger partial charge in [0.05, 0.1) is 0 Å². The van der Waals surface area contributed by atoms with E-state index < -0.39 is 82.2 Å². The van der Waals surface area contributed by atoms with E-state index >= 15 is 35.1 Å². The summed E-state index contributed by atoms with van der Waals surface area (Å²) in [6.45, 7) is 7.93. The van der Waals surface area contributed by atoms with Gasteiger partial charge in [-0.2, -0.15) is 0 Å². The van der Waals surface area contributed by atoms with Crippen LogP contribution < -0.4 is 17.5 Å². The van der Waals surface area contributed by atoms with Gasteiger partial charge in [-0.25, -0.2) is 0 Å². The van der Waals surface area contributed by atoms with Gasteiger partial charge in [-0.15, -0.1) is 0 Å². The van der Waals surface area contributed by atoms with E-state index in [1.54, 1.807) is 12.2 Å². The van der Waals surface area contributed by atoms with Crippen molar-refractivity contribution in [3.63, 3.8) is 0 Å². The molecule has 0 saturated heterocycles. The Balaban J connectivity index is 2.13. The van der Waals surface area contributed by atoms with Crippen LogP contribution in [-0.2, 0) is 16.6 Å². The van der Waals surface area contributed by atoms with Crippen LogP contribution in [0.4, 0.5) is 46.5 Å². The van der Waals surface area contributed by atoms with E-state index in [9.17, 15) is 0 Å². The second-order valence-corrected chi connectivity index (χ2v) is 18.7. The fourth-order valence-electron chi connectivity index (χ4n) is 6.94. The van der Waals surface area contributed by atoms with Crippen LogP contribution in [0, 0.1) is 46.5 Å². The number of nitrogens with zero attached hydrogens (tertiary/aromatic N) is 2. The molecule has 0 bridgehead atoms. The van der Waals surface area contributed by atoms with Crippen LogP contribution in [0.1, 0.15) is 91.9 Å². The first-order valence-electron chi connectivity index (χ1n) is 17.5. The Morgan fingerprint density at radius 1 is 0.469 bits per heavy atom. The summed E-state index contributed by atoms with van der Waals surface area (Å²) >= 11 is -5.91. The summed E-state index contributed by atoms with van der Waals surface area (Å²) in [6.07, 6.45) is 13.3. The average molecular weight is 731 g/mol. The van der Waals surface area contributed by atoms with E-state index in [2.05, 4.69) is 0 Å². The topological polar surface area (TPSA) is 6.48 Å². The van der Waals surface area contributed by atoms with Crippen molar-refractivity contribution in [2.75, 3.05) is 36.0 Å². The third-order valence-electron chi connectivity index (χ3n) is 9.50. The Kier molecular flexibility index (Phi) is 13.8. The van der Waals surface area contributed by atoms with Crippen LogP contribution in [0.15, 0.2) is 44.2 Å². The molecule has 4 rings (SSSR count). The quantitative estimate of drug-likeness (QED) is 0.0856. The third kappa shape index (κ3) is 7.32. The van der Waals surface area contributed by atoms with Crippen LogP contribution in [0.5, 0.6) is 0 Å². The van der Waals surface area contributed by atoms with Gasteiger partial charge in [0.15, 0.2) is 0 Å². The average Bonchev–Trinajstić information content (AvgIpc) is 3.84. The maximum absolute atomic E-state index is 16.8. The minimum absolute atomic E-state index is 0.0800. The van der Waals surface area contributed by atoms with Crippen molar-refractivity contribution >= 4 is 19.1 Å². The van der Waals surface area contributed by atoms with Crippen molar-refractivity contribution in [2.24, 2.45) is 0 Å². The molecule has 0 fully saturated rings. The molecule has 0 aromatic heterocycles. The molecule has 2 nitrogen and oxygen atoms in total. The monoisotopic (exact) mass is 730 g/mol. The molecule has 0 heterocycles. The molecule has 2 aromatic carbocycles. The zero-order valence-electron chi connectivity index (χ0n) is 28.8. The Morgan fingerprint density at radius 3 is 0.980 bits per heavy atom. The van der Waals surface area contributed by atoms with Crippen LogP contribution in [0.3, 0.4) is 0 Å². The second-order valence-electron chi connectivity index (χ2n) is 12.7. The SMILES string of the molecule is CCCCN(CCCC)c1c(F)c(F)[c]([Ti]([C]2=CC=CC2)([C]2=CC=CC2)[c]2c(F)c(F)c(N(CCCC)CCCC)c(F)c2F)c(F)c1F. The molecule has 0 unspecified atom stereocenters. The Morgan fingerprint density at radius 2 is 0.755 bits per heavy atom. The van der Waals surface area contributed by atoms with Gasteiger partial charge in [0, 0.05) is 0 Å². The number of hydrogen-bond acceptors (Lipinski definition) is 2. The van der Waals surface area contributed by atoms with E-state index in [1.165, 1.54) is 34.1 Å². The minimum atomic E-state index is -5.91. The number of rotatable bonds is 18. The maximum atomic E-state index is 16.8. The number of benzene rings is 2. The first-order chi connectivity index (χ1) is 23.5. The summed E-state index contributed by atoms with van der Waals surface area (Å²) in [5.74, 6) is -14.0. The number of anilines is 2. The predicted octanol–water partition coefficient (Wildman–Crippen LogP) is 10.4. The molecule has 268 valence electrons. The van der Waals surface area contributed by atoms with Crippen molar-refractivity contribution in [3.8, 4) is 0 Å². The van der Waals surface area contributed by atoms with Crippen molar-refractivity contribution in [3.05, 3.63) is 90.7 Å². The van der Waals surface area contributed by atoms with Crippen molar-refractivity contribution < 1.29 is 51.7 Å². The van der Waals surface area contributed by atoms with Crippen LogP contribution in [-0.4, -0.2) is 26.2 Å². The van der Waals surface area contributed by atoms with E-state index in [-0.39, 0.29) is 46.8 Å². The fourth-order valence-corrected chi connectivity index (χ4v) is 15.1. The van der Waals surface area contributed by atoms with Gasteiger partial charge in [0.25, 0.3) is 0 Å². The Labute approximate surface area is 288 Å². The molecule has 0 spiro atoms. The zero-order valence-corrected chi connectivity index (χ0v) is 30.3. The normalized spacial score (nSPS) is 14.2. The first-order valence-corrected chi connectivity index (χ1v) is 20.6. The summed E-state index contributed by atoms with van der Waals surface area (Å²) < 4.78 is 131.